The van der Waals surface area contributed by atoms with Gasteiger partial charge < -0.3 is 8.98 Å². The lowest BCUT2D eigenvalue weighted by atomic mass is 9.97. The monoisotopic (exact) mass is 906 g/mol. The van der Waals surface area contributed by atoms with Crippen LogP contribution in [0.25, 0.3) is 133 Å². The van der Waals surface area contributed by atoms with Crippen molar-refractivity contribution in [1.82, 2.24) is 24.1 Å². The van der Waals surface area contributed by atoms with Gasteiger partial charge >= 0.3 is 0 Å². The lowest BCUT2D eigenvalue weighted by Crippen LogP contribution is -2.07. The first-order valence-corrected chi connectivity index (χ1v) is 23.7. The highest BCUT2D eigenvalue weighted by Gasteiger charge is 2.25. The summed E-state index contributed by atoms with van der Waals surface area (Å²) in [5, 5.41) is 16.4. The van der Waals surface area contributed by atoms with Crippen LogP contribution in [0.2, 0.25) is 0 Å². The second kappa shape index (κ2) is 16.1. The molecule has 7 nitrogen and oxygen atoms in total. The van der Waals surface area contributed by atoms with Gasteiger partial charge in [0.15, 0.2) is 11.6 Å². The van der Waals surface area contributed by atoms with Crippen molar-refractivity contribution in [2.75, 3.05) is 0 Å². The van der Waals surface area contributed by atoms with Gasteiger partial charge in [0.25, 0.3) is 0 Å². The minimum Gasteiger partial charge on any atom is -0.456 e. The van der Waals surface area contributed by atoms with Crippen LogP contribution in [0.5, 0.6) is 0 Å². The molecule has 0 amide bonds. The molecule has 330 valence electrons. The summed E-state index contributed by atoms with van der Waals surface area (Å²) < 4.78 is 11.3. The van der Waals surface area contributed by atoms with E-state index in [0.29, 0.717) is 28.7 Å². The third-order valence-corrected chi connectivity index (χ3v) is 13.8. The molecule has 0 N–H and O–H groups in total. The van der Waals surface area contributed by atoms with E-state index in [9.17, 15) is 5.26 Å². The molecular weight excluding hydrogens is 869 g/mol. The maximum Gasteiger partial charge on any atom is 0.238 e. The zero-order chi connectivity index (χ0) is 47.0. The van der Waals surface area contributed by atoms with Gasteiger partial charge in [-0.1, -0.05) is 176 Å². The molecule has 0 radical (unpaired) electrons. The van der Waals surface area contributed by atoms with Gasteiger partial charge in [-0.2, -0.15) is 15.2 Å². The molecule has 0 unspecified atom stereocenters. The molecule has 71 heavy (non-hydrogen) atoms. The molecule has 0 atom stereocenters. The van der Waals surface area contributed by atoms with Gasteiger partial charge in [-0.05, 0) is 88.0 Å². The molecule has 14 aromatic rings. The molecule has 0 saturated carbocycles. The van der Waals surface area contributed by atoms with Crippen molar-refractivity contribution in [2.24, 2.45) is 0 Å². The first-order chi connectivity index (χ1) is 35.2. The predicted molar refractivity (Wildman–Crippen MR) is 288 cm³/mol. The highest BCUT2D eigenvalue weighted by atomic mass is 16.3. The number of fused-ring (bicyclic) bond motifs is 10. The van der Waals surface area contributed by atoms with E-state index in [1.54, 1.807) is 6.07 Å². The van der Waals surface area contributed by atoms with Crippen molar-refractivity contribution in [2.45, 2.75) is 0 Å². The highest BCUT2D eigenvalue weighted by Crippen LogP contribution is 2.45. The second-order valence-corrected chi connectivity index (χ2v) is 17.9. The zero-order valence-electron chi connectivity index (χ0n) is 38.0. The quantitative estimate of drug-likeness (QED) is 0.159. The van der Waals surface area contributed by atoms with Crippen LogP contribution in [0.1, 0.15) is 5.56 Å². The fourth-order valence-electron chi connectivity index (χ4n) is 10.7. The number of nitrogens with zero attached hydrogens (tertiary/aromatic N) is 6. The minimum absolute atomic E-state index is 0.442. The molecule has 0 fully saturated rings. The standard InChI is InChI=1S/C64H38N6O/c65-39-40-17-14-24-44(35-40)62-66-63(53-28-16-32-57-59(53)58-48(27-15-31-56(58)71-57)43-22-8-3-9-23-43)68-64(67-62)70-55-30-13-11-26-50(55)52-34-33-51-49-25-10-12-29-54(49)69(60(51)61(52)70)47-37-45(41-18-4-1-5-19-41)36-46(38-47)42-20-6-2-7-21-42/h1-38H. The lowest BCUT2D eigenvalue weighted by molar-refractivity contribution is 0.669. The van der Waals surface area contributed by atoms with E-state index in [-0.39, 0.29) is 0 Å². The topological polar surface area (TPSA) is 85.5 Å². The number of nitriles is 1. The Balaban J connectivity index is 1.11. The molecular formula is C64H38N6O. The van der Waals surface area contributed by atoms with Crippen LogP contribution in [0.4, 0.5) is 0 Å². The van der Waals surface area contributed by atoms with Crippen LogP contribution in [0.15, 0.2) is 235 Å². The smallest absolute Gasteiger partial charge is 0.238 e. The molecule has 4 aromatic heterocycles. The fourth-order valence-corrected chi connectivity index (χ4v) is 10.7. The van der Waals surface area contributed by atoms with Crippen molar-refractivity contribution >= 4 is 65.6 Å². The number of rotatable bonds is 7. The maximum atomic E-state index is 10.1. The van der Waals surface area contributed by atoms with Crippen LogP contribution >= 0.6 is 0 Å². The molecule has 14 rings (SSSR count). The van der Waals surface area contributed by atoms with Gasteiger partial charge in [-0.15, -0.1) is 0 Å². The van der Waals surface area contributed by atoms with Crippen molar-refractivity contribution in [3.05, 3.63) is 236 Å². The number of aromatic nitrogens is 5. The van der Waals surface area contributed by atoms with Gasteiger partial charge in [0.05, 0.1) is 33.7 Å². The van der Waals surface area contributed by atoms with E-state index in [4.69, 9.17) is 19.4 Å². The van der Waals surface area contributed by atoms with E-state index in [2.05, 4.69) is 191 Å². The maximum absolute atomic E-state index is 10.1. The molecule has 0 spiro atoms. The summed E-state index contributed by atoms with van der Waals surface area (Å²) in [4.78, 5) is 16.3. The molecule has 0 aliphatic heterocycles. The molecule has 0 saturated heterocycles. The number of benzene rings is 10. The van der Waals surface area contributed by atoms with Crippen LogP contribution in [0, 0.1) is 11.3 Å². The average Bonchev–Trinajstić information content (AvgIpc) is 4.12. The van der Waals surface area contributed by atoms with Crippen molar-refractivity contribution < 1.29 is 4.42 Å². The van der Waals surface area contributed by atoms with E-state index < -0.39 is 0 Å². The normalized spacial score (nSPS) is 11.6. The lowest BCUT2D eigenvalue weighted by Gasteiger charge is -2.16. The molecule has 10 aromatic carbocycles. The first kappa shape index (κ1) is 40.2. The Hall–Kier alpha value is -9.90. The zero-order valence-corrected chi connectivity index (χ0v) is 38.0. The first-order valence-electron chi connectivity index (χ1n) is 23.7. The predicted octanol–water partition coefficient (Wildman–Crippen LogP) is 16.2. The number of hydrogen-bond acceptors (Lipinski definition) is 5. The molecule has 7 heteroatoms. The third kappa shape index (κ3) is 6.47. The Kier molecular flexibility index (Phi) is 9.13. The van der Waals surface area contributed by atoms with E-state index in [1.807, 2.05) is 48.5 Å². The van der Waals surface area contributed by atoms with Crippen LogP contribution in [0.3, 0.4) is 0 Å². The second-order valence-electron chi connectivity index (χ2n) is 17.9. The molecule has 0 aliphatic rings. The summed E-state index contributed by atoms with van der Waals surface area (Å²) in [5.74, 6) is 1.36. The molecule has 0 bridgehead atoms. The Morgan fingerprint density at radius 3 is 1.51 bits per heavy atom. The fraction of sp³-hybridized carbons (Fsp3) is 0. The third-order valence-electron chi connectivity index (χ3n) is 13.8. The summed E-state index contributed by atoms with van der Waals surface area (Å²) >= 11 is 0. The van der Waals surface area contributed by atoms with Gasteiger partial charge in [0.1, 0.15) is 11.2 Å². The van der Waals surface area contributed by atoms with Crippen molar-refractivity contribution in [1.29, 1.82) is 5.26 Å². The largest absolute Gasteiger partial charge is 0.456 e. The Morgan fingerprint density at radius 1 is 0.366 bits per heavy atom. The Bertz CT molecular complexity index is 4410. The number of hydrogen-bond donors (Lipinski definition) is 0. The molecule has 0 aliphatic carbocycles. The average molecular weight is 907 g/mol. The summed E-state index contributed by atoms with van der Waals surface area (Å²) in [5.41, 5.74) is 15.2. The number of para-hydroxylation sites is 2. The summed E-state index contributed by atoms with van der Waals surface area (Å²) in [7, 11) is 0. The van der Waals surface area contributed by atoms with Gasteiger partial charge in [0, 0.05) is 49.1 Å². The van der Waals surface area contributed by atoms with Crippen LogP contribution in [-0.2, 0) is 0 Å². The van der Waals surface area contributed by atoms with E-state index in [0.717, 1.165) is 110 Å². The minimum atomic E-state index is 0.442. The Morgan fingerprint density at radius 2 is 0.873 bits per heavy atom. The number of furan rings is 1. The van der Waals surface area contributed by atoms with Crippen molar-refractivity contribution in [3.63, 3.8) is 0 Å². The van der Waals surface area contributed by atoms with Crippen LogP contribution in [-0.4, -0.2) is 24.1 Å². The summed E-state index contributed by atoms with van der Waals surface area (Å²) in [6.07, 6.45) is 0. The van der Waals surface area contributed by atoms with Gasteiger partial charge in [-0.25, -0.2) is 4.98 Å². The van der Waals surface area contributed by atoms with Gasteiger partial charge in [0.2, 0.25) is 5.95 Å². The Labute approximate surface area is 407 Å². The van der Waals surface area contributed by atoms with E-state index in [1.165, 1.54) is 0 Å². The van der Waals surface area contributed by atoms with Crippen molar-refractivity contribution in [3.8, 4) is 73.9 Å². The molecule has 4 heterocycles. The van der Waals surface area contributed by atoms with Crippen LogP contribution < -0.4 is 0 Å². The summed E-state index contributed by atoms with van der Waals surface area (Å²) in [6.45, 7) is 0. The highest BCUT2D eigenvalue weighted by molar-refractivity contribution is 6.24. The van der Waals surface area contributed by atoms with E-state index >= 15 is 0 Å². The summed E-state index contributed by atoms with van der Waals surface area (Å²) in [6, 6.07) is 82.2. The SMILES string of the molecule is N#Cc1cccc(-c2nc(-c3cccc4oc5cccc(-c6ccccc6)c5c34)nc(-n3c4ccccc4c4ccc5c6ccccc6n(-c6cc(-c7ccccc7)cc(-c7ccccc7)c6)c5c43)n2)c1. The van der Waals surface area contributed by atoms with Gasteiger partial charge in [-0.3, -0.25) is 4.57 Å².